The molecular formula is C21H34N4O4S. The Kier molecular flexibility index (Phi) is 7.25. The number of morpholine rings is 1. The normalized spacial score (nSPS) is 27.4. The first kappa shape index (κ1) is 22.0. The highest BCUT2D eigenvalue weighted by Crippen LogP contribution is 2.39. The second-order valence-corrected chi connectivity index (χ2v) is 10.5. The molecule has 2 N–H and O–H groups in total. The number of ether oxygens (including phenoxy) is 2. The minimum Gasteiger partial charge on any atom is -0.476 e. The molecule has 1 aliphatic carbocycles. The van der Waals surface area contributed by atoms with Crippen LogP contribution in [-0.2, 0) is 21.5 Å². The topological polar surface area (TPSA) is 98.0 Å². The lowest BCUT2D eigenvalue weighted by molar-refractivity contribution is 0.0692. The predicted octanol–water partition coefficient (Wildman–Crippen LogP) is 1.77. The van der Waals surface area contributed by atoms with E-state index in [1.54, 1.807) is 14.8 Å². The first-order valence-corrected chi connectivity index (χ1v) is 12.6. The van der Waals surface area contributed by atoms with Crippen molar-refractivity contribution >= 4 is 10.2 Å². The Morgan fingerprint density at radius 1 is 1.17 bits per heavy atom. The van der Waals surface area contributed by atoms with Crippen LogP contribution in [0.1, 0.15) is 44.1 Å². The molecule has 3 fully saturated rings. The van der Waals surface area contributed by atoms with E-state index >= 15 is 0 Å². The van der Waals surface area contributed by atoms with Gasteiger partial charge in [0.25, 0.3) is 10.2 Å². The number of nitrogens with two attached hydrogens (primary N) is 1. The van der Waals surface area contributed by atoms with Crippen LogP contribution in [0.3, 0.4) is 0 Å². The van der Waals surface area contributed by atoms with Crippen LogP contribution < -0.4 is 10.5 Å². The number of hydrogen-bond acceptors (Lipinski definition) is 6. The molecule has 0 radical (unpaired) electrons. The smallest absolute Gasteiger partial charge is 0.282 e. The second kappa shape index (κ2) is 9.91. The molecule has 2 atom stereocenters. The summed E-state index contributed by atoms with van der Waals surface area (Å²) in [6.45, 7) is 3.07. The minimum absolute atomic E-state index is 0.173. The van der Waals surface area contributed by atoms with Gasteiger partial charge < -0.3 is 15.2 Å². The van der Waals surface area contributed by atoms with Crippen LogP contribution in [0.15, 0.2) is 18.3 Å². The third-order valence-corrected chi connectivity index (χ3v) is 8.82. The maximum atomic E-state index is 13.4. The van der Waals surface area contributed by atoms with Crippen LogP contribution in [-0.4, -0.2) is 67.5 Å². The monoisotopic (exact) mass is 438 g/mol. The Bertz CT molecular complexity index is 794. The van der Waals surface area contributed by atoms with Crippen LogP contribution in [0.25, 0.3) is 0 Å². The van der Waals surface area contributed by atoms with Crippen molar-refractivity contribution in [2.24, 2.45) is 17.6 Å². The van der Waals surface area contributed by atoms with Crippen LogP contribution in [0.2, 0.25) is 0 Å². The Hall–Kier alpha value is -1.26. The van der Waals surface area contributed by atoms with Gasteiger partial charge in [0, 0.05) is 38.4 Å². The van der Waals surface area contributed by atoms with Crippen molar-refractivity contribution in [1.29, 1.82) is 0 Å². The van der Waals surface area contributed by atoms with Gasteiger partial charge in [-0.1, -0.05) is 32.1 Å². The summed E-state index contributed by atoms with van der Waals surface area (Å²) in [5.41, 5.74) is 6.66. The van der Waals surface area contributed by atoms with Crippen LogP contribution in [0.4, 0.5) is 0 Å². The van der Waals surface area contributed by atoms with Crippen LogP contribution in [0.5, 0.6) is 5.88 Å². The highest BCUT2D eigenvalue weighted by Gasteiger charge is 2.45. The molecule has 3 heterocycles. The van der Waals surface area contributed by atoms with Crippen molar-refractivity contribution in [3.05, 3.63) is 23.9 Å². The molecule has 2 saturated heterocycles. The van der Waals surface area contributed by atoms with Gasteiger partial charge in [-0.3, -0.25) is 0 Å². The Labute approximate surface area is 179 Å². The van der Waals surface area contributed by atoms with E-state index in [2.05, 4.69) is 4.98 Å². The predicted molar refractivity (Wildman–Crippen MR) is 114 cm³/mol. The number of nitrogens with zero attached hydrogens (tertiary/aromatic N) is 3. The van der Waals surface area contributed by atoms with Crippen molar-refractivity contribution in [3.63, 3.8) is 0 Å². The summed E-state index contributed by atoms with van der Waals surface area (Å²) in [6, 6.07) is 3.51. The summed E-state index contributed by atoms with van der Waals surface area (Å²) in [5.74, 6) is 1.52. The fraction of sp³-hybridized carbons (Fsp3) is 0.762. The van der Waals surface area contributed by atoms with Crippen molar-refractivity contribution in [3.8, 4) is 5.88 Å². The number of hydrogen-bond donors (Lipinski definition) is 1. The Balaban J connectivity index is 1.49. The van der Waals surface area contributed by atoms with Gasteiger partial charge in [-0.2, -0.15) is 17.0 Å². The SMILES string of the molecule is NCc1ccnc(OC[C@@H]2C[C@H](C3CCCCC3)CN2S(=O)(=O)N2CCOCC2)c1. The summed E-state index contributed by atoms with van der Waals surface area (Å²) in [6.07, 6.45) is 8.77. The van der Waals surface area contributed by atoms with Gasteiger partial charge in [-0.25, -0.2) is 4.98 Å². The molecule has 3 aliphatic rings. The lowest BCUT2D eigenvalue weighted by Crippen LogP contribution is -2.51. The summed E-state index contributed by atoms with van der Waals surface area (Å²) >= 11 is 0. The van der Waals surface area contributed by atoms with Gasteiger partial charge in [0.2, 0.25) is 5.88 Å². The highest BCUT2D eigenvalue weighted by atomic mass is 32.2. The standard InChI is InChI=1S/C21H34N4O4S/c22-14-17-6-7-23-21(12-17)29-16-20-13-19(18-4-2-1-3-5-18)15-25(20)30(26,27)24-8-10-28-11-9-24/h6-7,12,18-20H,1-5,8-11,13-16,22H2/t19-,20-/m0/s1. The lowest BCUT2D eigenvalue weighted by atomic mass is 9.79. The van der Waals surface area contributed by atoms with E-state index in [4.69, 9.17) is 15.2 Å². The quantitative estimate of drug-likeness (QED) is 0.697. The molecule has 4 rings (SSSR count). The zero-order chi connectivity index (χ0) is 21.0. The van der Waals surface area contributed by atoms with Gasteiger partial charge in [-0.05, 0) is 29.9 Å². The summed E-state index contributed by atoms with van der Waals surface area (Å²) in [4.78, 5) is 4.26. The maximum Gasteiger partial charge on any atom is 0.282 e. The summed E-state index contributed by atoms with van der Waals surface area (Å²) in [5, 5.41) is 0. The first-order chi connectivity index (χ1) is 14.6. The van der Waals surface area contributed by atoms with Crippen LogP contribution in [0, 0.1) is 11.8 Å². The molecule has 1 aromatic rings. The number of rotatable bonds is 7. The lowest BCUT2D eigenvalue weighted by Gasteiger charge is -2.33. The Morgan fingerprint density at radius 2 is 1.93 bits per heavy atom. The zero-order valence-corrected chi connectivity index (χ0v) is 18.4. The highest BCUT2D eigenvalue weighted by molar-refractivity contribution is 7.86. The van der Waals surface area contributed by atoms with Crippen molar-refractivity contribution in [2.45, 2.75) is 51.1 Å². The largest absolute Gasteiger partial charge is 0.476 e. The molecule has 2 aliphatic heterocycles. The molecule has 9 heteroatoms. The molecule has 30 heavy (non-hydrogen) atoms. The maximum absolute atomic E-state index is 13.4. The first-order valence-electron chi connectivity index (χ1n) is 11.2. The summed E-state index contributed by atoms with van der Waals surface area (Å²) < 4.78 is 41.5. The van der Waals surface area contributed by atoms with Gasteiger partial charge in [0.1, 0.15) is 6.61 Å². The molecule has 0 aromatic carbocycles. The average molecular weight is 439 g/mol. The molecule has 0 amide bonds. The van der Waals surface area contributed by atoms with Gasteiger partial charge in [0.05, 0.1) is 19.3 Å². The fourth-order valence-electron chi connectivity index (χ4n) is 5.07. The van der Waals surface area contributed by atoms with E-state index in [1.165, 1.54) is 32.1 Å². The third kappa shape index (κ3) is 4.96. The molecule has 1 aromatic heterocycles. The van der Waals surface area contributed by atoms with Crippen LogP contribution >= 0.6 is 0 Å². The van der Waals surface area contributed by atoms with E-state index in [-0.39, 0.29) is 6.04 Å². The van der Waals surface area contributed by atoms with Crippen molar-refractivity contribution in [1.82, 2.24) is 13.6 Å². The number of pyridine rings is 1. The fourth-order valence-corrected chi connectivity index (χ4v) is 6.88. The molecule has 0 bridgehead atoms. The number of aromatic nitrogens is 1. The minimum atomic E-state index is -3.53. The molecule has 0 unspecified atom stereocenters. The van der Waals surface area contributed by atoms with Gasteiger partial charge >= 0.3 is 0 Å². The van der Waals surface area contributed by atoms with E-state index in [9.17, 15) is 8.42 Å². The van der Waals surface area contributed by atoms with E-state index < -0.39 is 10.2 Å². The van der Waals surface area contributed by atoms with E-state index in [0.29, 0.717) is 63.7 Å². The van der Waals surface area contributed by atoms with E-state index in [0.717, 1.165) is 12.0 Å². The second-order valence-electron chi connectivity index (χ2n) is 8.65. The average Bonchev–Trinajstić information content (AvgIpc) is 3.24. The molecular weight excluding hydrogens is 404 g/mol. The van der Waals surface area contributed by atoms with E-state index in [1.807, 2.05) is 12.1 Å². The molecule has 1 saturated carbocycles. The third-order valence-electron chi connectivity index (χ3n) is 6.76. The zero-order valence-electron chi connectivity index (χ0n) is 17.6. The van der Waals surface area contributed by atoms with Crippen molar-refractivity contribution in [2.75, 3.05) is 39.5 Å². The van der Waals surface area contributed by atoms with Gasteiger partial charge in [-0.15, -0.1) is 0 Å². The molecule has 0 spiro atoms. The molecule has 8 nitrogen and oxygen atoms in total. The van der Waals surface area contributed by atoms with Crippen molar-refractivity contribution < 1.29 is 17.9 Å². The Morgan fingerprint density at radius 3 is 2.67 bits per heavy atom. The van der Waals surface area contributed by atoms with Gasteiger partial charge in [0.15, 0.2) is 0 Å². The summed E-state index contributed by atoms with van der Waals surface area (Å²) in [7, 11) is -3.53. The molecule has 168 valence electrons.